The third-order valence-electron chi connectivity index (χ3n) is 4.69. The molecule has 0 saturated heterocycles. The lowest BCUT2D eigenvalue weighted by Crippen LogP contribution is -2.38. The van der Waals surface area contributed by atoms with E-state index in [0.29, 0.717) is 18.8 Å². The molecule has 0 aromatic heterocycles. The van der Waals surface area contributed by atoms with Gasteiger partial charge < -0.3 is 10.2 Å². The van der Waals surface area contributed by atoms with Gasteiger partial charge in [0.25, 0.3) is 11.6 Å². The quantitative estimate of drug-likeness (QED) is 0.618. The van der Waals surface area contributed by atoms with Gasteiger partial charge in [-0.2, -0.15) is 0 Å². The van der Waals surface area contributed by atoms with Crippen LogP contribution in [-0.2, 0) is 17.8 Å². The minimum Gasteiger partial charge on any atom is -0.338 e. The molecule has 1 N–H and O–H groups in total. The minimum atomic E-state index is -0.577. The summed E-state index contributed by atoms with van der Waals surface area (Å²) in [6, 6.07) is 9.27. The number of fused-ring (bicyclic) bond motifs is 1. The van der Waals surface area contributed by atoms with E-state index in [1.807, 2.05) is 30.9 Å². The van der Waals surface area contributed by atoms with Gasteiger partial charge >= 0.3 is 0 Å². The van der Waals surface area contributed by atoms with Gasteiger partial charge in [-0.15, -0.1) is 0 Å². The van der Waals surface area contributed by atoms with Gasteiger partial charge in [0.2, 0.25) is 5.91 Å². The van der Waals surface area contributed by atoms with Gasteiger partial charge in [0.05, 0.1) is 15.5 Å². The summed E-state index contributed by atoms with van der Waals surface area (Å²) in [6.07, 6.45) is 0.763. The number of anilines is 1. The van der Waals surface area contributed by atoms with E-state index in [9.17, 15) is 19.7 Å². The Balaban J connectivity index is 1.80. The molecule has 0 bridgehead atoms. The van der Waals surface area contributed by atoms with Gasteiger partial charge in [-0.1, -0.05) is 31.5 Å². The summed E-state index contributed by atoms with van der Waals surface area (Å²) in [6.45, 7) is 4.92. The predicted octanol–water partition coefficient (Wildman–Crippen LogP) is 4.04. The maximum absolute atomic E-state index is 12.6. The van der Waals surface area contributed by atoms with E-state index in [2.05, 4.69) is 5.32 Å². The first-order valence-electron chi connectivity index (χ1n) is 8.92. The van der Waals surface area contributed by atoms with Crippen LogP contribution >= 0.6 is 11.6 Å². The van der Waals surface area contributed by atoms with Crippen LogP contribution in [0.3, 0.4) is 0 Å². The third-order valence-corrected chi connectivity index (χ3v) is 5.02. The number of rotatable bonds is 4. The van der Waals surface area contributed by atoms with Gasteiger partial charge in [0.15, 0.2) is 0 Å². The molecule has 0 saturated carbocycles. The number of non-ortho nitro benzene ring substituents is 1. The van der Waals surface area contributed by atoms with E-state index in [0.717, 1.165) is 23.6 Å². The summed E-state index contributed by atoms with van der Waals surface area (Å²) in [5, 5.41) is 13.8. The largest absolute Gasteiger partial charge is 0.338 e. The van der Waals surface area contributed by atoms with E-state index < -0.39 is 10.8 Å². The van der Waals surface area contributed by atoms with Crippen LogP contribution in [0.1, 0.15) is 35.3 Å². The van der Waals surface area contributed by atoms with Crippen molar-refractivity contribution >= 4 is 34.8 Å². The fourth-order valence-corrected chi connectivity index (χ4v) is 3.39. The number of hydrogen-bond acceptors (Lipinski definition) is 4. The van der Waals surface area contributed by atoms with Crippen molar-refractivity contribution in [3.63, 3.8) is 0 Å². The summed E-state index contributed by atoms with van der Waals surface area (Å²) in [7, 11) is 0. The zero-order valence-electron chi connectivity index (χ0n) is 15.6. The second kappa shape index (κ2) is 7.98. The number of nitrogens with zero attached hydrogens (tertiary/aromatic N) is 2. The molecule has 2 aromatic rings. The SMILES string of the molecule is CC(C)C(=O)N1CCc2ccc(NC(=O)c3cc([N+](=O)[O-])ccc3Cl)cc2C1. The number of nitro groups is 1. The van der Waals surface area contributed by atoms with E-state index in [1.165, 1.54) is 12.1 Å². The summed E-state index contributed by atoms with van der Waals surface area (Å²) < 4.78 is 0. The summed E-state index contributed by atoms with van der Waals surface area (Å²) in [5.74, 6) is -0.497. The van der Waals surface area contributed by atoms with E-state index in [-0.39, 0.29) is 28.1 Å². The van der Waals surface area contributed by atoms with Crippen LogP contribution in [0.15, 0.2) is 36.4 Å². The molecule has 7 nitrogen and oxygen atoms in total. The van der Waals surface area contributed by atoms with Gasteiger partial charge in [-0.25, -0.2) is 0 Å². The molecule has 2 aromatic carbocycles. The predicted molar refractivity (Wildman–Crippen MR) is 106 cm³/mol. The molecule has 3 rings (SSSR count). The molecule has 0 radical (unpaired) electrons. The Bertz CT molecular complexity index is 958. The highest BCUT2D eigenvalue weighted by Crippen LogP contribution is 2.26. The van der Waals surface area contributed by atoms with E-state index in [4.69, 9.17) is 11.6 Å². The van der Waals surface area contributed by atoms with Gasteiger partial charge in [-0.3, -0.25) is 19.7 Å². The van der Waals surface area contributed by atoms with Crippen molar-refractivity contribution in [2.24, 2.45) is 5.92 Å². The number of nitrogens with one attached hydrogen (secondary N) is 1. The fourth-order valence-electron chi connectivity index (χ4n) is 3.19. The van der Waals surface area contributed by atoms with E-state index >= 15 is 0 Å². The Morgan fingerprint density at radius 3 is 2.61 bits per heavy atom. The Morgan fingerprint density at radius 1 is 1.18 bits per heavy atom. The lowest BCUT2D eigenvalue weighted by molar-refractivity contribution is -0.384. The zero-order valence-corrected chi connectivity index (χ0v) is 16.3. The summed E-state index contributed by atoms with van der Waals surface area (Å²) >= 11 is 6.03. The highest BCUT2D eigenvalue weighted by molar-refractivity contribution is 6.34. The maximum atomic E-state index is 12.6. The molecule has 0 fully saturated rings. The van der Waals surface area contributed by atoms with Crippen molar-refractivity contribution in [3.05, 3.63) is 68.2 Å². The highest BCUT2D eigenvalue weighted by atomic mass is 35.5. The van der Waals surface area contributed by atoms with Crippen LogP contribution in [0.25, 0.3) is 0 Å². The Labute approximate surface area is 167 Å². The molecule has 1 heterocycles. The molecule has 146 valence electrons. The fraction of sp³-hybridized carbons (Fsp3) is 0.300. The monoisotopic (exact) mass is 401 g/mol. The number of halogens is 1. The van der Waals surface area contributed by atoms with Crippen LogP contribution in [-0.4, -0.2) is 28.2 Å². The molecule has 28 heavy (non-hydrogen) atoms. The first-order valence-corrected chi connectivity index (χ1v) is 9.30. The average Bonchev–Trinajstić information content (AvgIpc) is 2.66. The molecule has 1 aliphatic heterocycles. The van der Waals surface area contributed by atoms with Crippen LogP contribution in [0, 0.1) is 16.0 Å². The van der Waals surface area contributed by atoms with Crippen LogP contribution in [0.4, 0.5) is 11.4 Å². The molecule has 0 spiro atoms. The molecule has 2 amide bonds. The smallest absolute Gasteiger partial charge is 0.270 e. The zero-order chi connectivity index (χ0) is 20.4. The van der Waals surface area contributed by atoms with Crippen LogP contribution in [0.5, 0.6) is 0 Å². The van der Waals surface area contributed by atoms with Crippen molar-refractivity contribution < 1.29 is 14.5 Å². The average molecular weight is 402 g/mol. The van der Waals surface area contributed by atoms with Crippen molar-refractivity contribution in [1.82, 2.24) is 4.90 Å². The lowest BCUT2D eigenvalue weighted by Gasteiger charge is -2.30. The standard InChI is InChI=1S/C20H20ClN3O4/c1-12(2)20(26)23-8-7-13-3-4-15(9-14(13)11-23)22-19(25)17-10-16(24(27)28)5-6-18(17)21/h3-6,9-10,12H,7-8,11H2,1-2H3,(H,22,25). The van der Waals surface area contributed by atoms with Crippen molar-refractivity contribution in [2.45, 2.75) is 26.8 Å². The topological polar surface area (TPSA) is 92.6 Å². The van der Waals surface area contributed by atoms with Crippen molar-refractivity contribution in [1.29, 1.82) is 0 Å². The van der Waals surface area contributed by atoms with Crippen LogP contribution in [0.2, 0.25) is 5.02 Å². The highest BCUT2D eigenvalue weighted by Gasteiger charge is 2.23. The van der Waals surface area contributed by atoms with Crippen LogP contribution < -0.4 is 5.32 Å². The number of hydrogen-bond donors (Lipinski definition) is 1. The molecular formula is C20H20ClN3O4. The second-order valence-corrected chi connectivity index (χ2v) is 7.43. The summed E-state index contributed by atoms with van der Waals surface area (Å²) in [5.41, 5.74) is 2.49. The molecule has 8 heteroatoms. The lowest BCUT2D eigenvalue weighted by atomic mass is 9.98. The number of carbonyl (C=O) groups is 2. The normalized spacial score (nSPS) is 13.2. The number of benzene rings is 2. The summed E-state index contributed by atoms with van der Waals surface area (Å²) in [4.78, 5) is 37.0. The Hall–Kier alpha value is -2.93. The van der Waals surface area contributed by atoms with E-state index in [1.54, 1.807) is 6.07 Å². The number of amides is 2. The van der Waals surface area contributed by atoms with Gasteiger partial charge in [0, 0.05) is 36.8 Å². The minimum absolute atomic E-state index is 0.0326. The molecular weight excluding hydrogens is 382 g/mol. The van der Waals surface area contributed by atoms with Crippen molar-refractivity contribution in [2.75, 3.05) is 11.9 Å². The molecule has 0 unspecified atom stereocenters. The first-order chi connectivity index (χ1) is 13.3. The Kier molecular flexibility index (Phi) is 5.65. The Morgan fingerprint density at radius 2 is 1.93 bits per heavy atom. The molecule has 1 aliphatic rings. The van der Waals surface area contributed by atoms with Crippen molar-refractivity contribution in [3.8, 4) is 0 Å². The maximum Gasteiger partial charge on any atom is 0.270 e. The third kappa shape index (κ3) is 4.14. The second-order valence-electron chi connectivity index (χ2n) is 7.02. The molecule has 0 aliphatic carbocycles. The number of nitro benzene ring substituents is 1. The van der Waals surface area contributed by atoms with Gasteiger partial charge in [0.1, 0.15) is 0 Å². The first kappa shape index (κ1) is 19.8. The molecule has 0 atom stereocenters. The number of carbonyl (C=O) groups excluding carboxylic acids is 2. The van der Waals surface area contributed by atoms with Gasteiger partial charge in [-0.05, 0) is 35.7 Å².